The van der Waals surface area contributed by atoms with Crippen molar-refractivity contribution in [2.24, 2.45) is 0 Å². The molecular formula is C34H32ClFN2O7. The summed E-state index contributed by atoms with van der Waals surface area (Å²) in [7, 11) is 4.48. The van der Waals surface area contributed by atoms with Crippen molar-refractivity contribution < 1.29 is 38.0 Å². The number of hydrogen-bond donors (Lipinski definition) is 2. The van der Waals surface area contributed by atoms with Crippen molar-refractivity contribution in [1.82, 2.24) is 5.32 Å². The minimum absolute atomic E-state index is 0.0568. The number of nitrogens with zero attached hydrogens (tertiary/aromatic N) is 1. The molecule has 1 aliphatic rings. The molecule has 9 nitrogen and oxygen atoms in total. The van der Waals surface area contributed by atoms with Crippen LogP contribution >= 0.6 is 11.6 Å². The van der Waals surface area contributed by atoms with Crippen molar-refractivity contribution in [1.29, 1.82) is 0 Å². The highest BCUT2D eigenvalue weighted by Gasteiger charge is 2.39. The standard InChI is InChI=1S/C34H32ClFN2O7/c1-42-23-13-11-21(29(16-23)43-2)19-38-27-14-12-22(35)15-25(27)32(24-8-6-10-28(39)33(24)44-3)45-30(34(38)41)17-31(40)37-18-20-7-4-5-9-26(20)36/h4-16,30,32,39H,17-19H2,1-3H3,(H,37,40). The lowest BCUT2D eigenvalue weighted by molar-refractivity contribution is -0.138. The lowest BCUT2D eigenvalue weighted by atomic mass is 9.97. The monoisotopic (exact) mass is 634 g/mol. The van der Waals surface area contributed by atoms with Gasteiger partial charge < -0.3 is 34.3 Å². The fraction of sp³-hybridized carbons (Fsp3) is 0.235. The molecule has 234 valence electrons. The minimum Gasteiger partial charge on any atom is -0.504 e. The van der Waals surface area contributed by atoms with Crippen molar-refractivity contribution in [2.75, 3.05) is 26.2 Å². The number of benzene rings is 4. The van der Waals surface area contributed by atoms with E-state index in [0.717, 1.165) is 0 Å². The molecule has 2 atom stereocenters. The number of amides is 2. The van der Waals surface area contributed by atoms with Crippen LogP contribution in [0.4, 0.5) is 10.1 Å². The molecule has 0 saturated heterocycles. The average molecular weight is 635 g/mol. The zero-order valence-electron chi connectivity index (χ0n) is 24.9. The van der Waals surface area contributed by atoms with Crippen LogP contribution in [0.1, 0.15) is 34.8 Å². The average Bonchev–Trinajstić information content (AvgIpc) is 3.14. The van der Waals surface area contributed by atoms with E-state index in [2.05, 4.69) is 5.32 Å². The fourth-order valence-corrected chi connectivity index (χ4v) is 5.49. The van der Waals surface area contributed by atoms with Gasteiger partial charge in [-0.15, -0.1) is 0 Å². The normalized spacial score (nSPS) is 16.0. The Morgan fingerprint density at radius 3 is 2.49 bits per heavy atom. The second-order valence-corrected chi connectivity index (χ2v) is 10.7. The van der Waals surface area contributed by atoms with Gasteiger partial charge in [-0.05, 0) is 42.5 Å². The van der Waals surface area contributed by atoms with E-state index in [9.17, 15) is 19.1 Å². The first kappa shape index (κ1) is 31.6. The van der Waals surface area contributed by atoms with E-state index in [1.807, 2.05) is 0 Å². The van der Waals surface area contributed by atoms with Gasteiger partial charge in [0.15, 0.2) is 11.5 Å². The number of fused-ring (bicyclic) bond motifs is 1. The highest BCUT2D eigenvalue weighted by molar-refractivity contribution is 6.30. The van der Waals surface area contributed by atoms with Crippen molar-refractivity contribution in [3.05, 3.63) is 112 Å². The first-order valence-corrected chi connectivity index (χ1v) is 14.4. The Bertz CT molecular complexity index is 1720. The predicted octanol–water partition coefficient (Wildman–Crippen LogP) is 5.94. The molecule has 2 N–H and O–H groups in total. The summed E-state index contributed by atoms with van der Waals surface area (Å²) < 4.78 is 37.1. The van der Waals surface area contributed by atoms with Crippen LogP contribution in [0.25, 0.3) is 0 Å². The molecular weight excluding hydrogens is 603 g/mol. The highest BCUT2D eigenvalue weighted by Crippen LogP contribution is 2.45. The summed E-state index contributed by atoms with van der Waals surface area (Å²) in [5.41, 5.74) is 2.39. The summed E-state index contributed by atoms with van der Waals surface area (Å²) in [5, 5.41) is 13.7. The predicted molar refractivity (Wildman–Crippen MR) is 166 cm³/mol. The van der Waals surface area contributed by atoms with Crippen molar-refractivity contribution >= 4 is 29.1 Å². The second-order valence-electron chi connectivity index (χ2n) is 10.3. The number of ether oxygens (including phenoxy) is 4. The van der Waals surface area contributed by atoms with Gasteiger partial charge in [-0.2, -0.15) is 0 Å². The molecule has 0 saturated carbocycles. The highest BCUT2D eigenvalue weighted by atomic mass is 35.5. The van der Waals surface area contributed by atoms with Gasteiger partial charge in [0.2, 0.25) is 5.91 Å². The van der Waals surface area contributed by atoms with Gasteiger partial charge in [0.25, 0.3) is 5.91 Å². The molecule has 0 spiro atoms. The lowest BCUT2D eigenvalue weighted by Gasteiger charge is -2.26. The number of phenols is 1. The number of halogens is 2. The number of rotatable bonds is 10. The molecule has 0 radical (unpaired) electrons. The van der Waals surface area contributed by atoms with Crippen LogP contribution in [0.5, 0.6) is 23.0 Å². The van der Waals surface area contributed by atoms with E-state index >= 15 is 0 Å². The molecule has 4 aromatic carbocycles. The number of methoxy groups -OCH3 is 3. The maximum Gasteiger partial charge on any atom is 0.257 e. The van der Waals surface area contributed by atoms with E-state index in [1.165, 1.54) is 31.3 Å². The Morgan fingerprint density at radius 1 is 0.956 bits per heavy atom. The maximum atomic E-state index is 14.4. The summed E-state index contributed by atoms with van der Waals surface area (Å²) in [4.78, 5) is 29.1. The van der Waals surface area contributed by atoms with Crippen molar-refractivity contribution in [3.8, 4) is 23.0 Å². The fourth-order valence-electron chi connectivity index (χ4n) is 5.31. The summed E-state index contributed by atoms with van der Waals surface area (Å²) in [6.45, 7) is -0.0138. The summed E-state index contributed by atoms with van der Waals surface area (Å²) >= 11 is 6.48. The lowest BCUT2D eigenvalue weighted by Crippen LogP contribution is -2.41. The van der Waals surface area contributed by atoms with Crippen molar-refractivity contribution in [2.45, 2.75) is 31.7 Å². The van der Waals surface area contributed by atoms with Gasteiger partial charge in [-0.25, -0.2) is 4.39 Å². The molecule has 11 heteroatoms. The Kier molecular flexibility index (Phi) is 9.75. The number of phenolic OH excluding ortho intramolecular Hbond substituents is 1. The van der Waals surface area contributed by atoms with Gasteiger partial charge in [0, 0.05) is 39.9 Å². The molecule has 5 rings (SSSR count). The van der Waals surface area contributed by atoms with Crippen LogP contribution in [-0.4, -0.2) is 44.4 Å². The number of carbonyl (C=O) groups is 2. The molecule has 45 heavy (non-hydrogen) atoms. The van der Waals surface area contributed by atoms with Gasteiger partial charge in [0.05, 0.1) is 40.0 Å². The third kappa shape index (κ3) is 6.82. The van der Waals surface area contributed by atoms with E-state index < -0.39 is 29.8 Å². The summed E-state index contributed by atoms with van der Waals surface area (Å²) in [6, 6.07) is 21.2. The number of para-hydroxylation sites is 1. The zero-order valence-corrected chi connectivity index (χ0v) is 25.6. The number of aromatic hydroxyl groups is 1. The quantitative estimate of drug-likeness (QED) is 0.222. The summed E-state index contributed by atoms with van der Waals surface area (Å²) in [6.07, 6.45) is -2.64. The van der Waals surface area contributed by atoms with E-state index in [4.69, 9.17) is 30.5 Å². The van der Waals surface area contributed by atoms with Crippen LogP contribution in [0, 0.1) is 5.82 Å². The third-order valence-electron chi connectivity index (χ3n) is 7.54. The molecule has 0 fully saturated rings. The molecule has 0 aliphatic carbocycles. The van der Waals surface area contributed by atoms with Gasteiger partial charge in [0.1, 0.15) is 29.5 Å². The number of carbonyl (C=O) groups excluding carboxylic acids is 2. The van der Waals surface area contributed by atoms with Gasteiger partial charge in [-0.1, -0.05) is 41.9 Å². The largest absolute Gasteiger partial charge is 0.504 e. The first-order valence-electron chi connectivity index (χ1n) is 14.1. The molecule has 1 heterocycles. The number of nitrogens with one attached hydrogen (secondary N) is 1. The molecule has 0 aromatic heterocycles. The van der Waals surface area contributed by atoms with E-state index in [0.29, 0.717) is 44.5 Å². The first-order chi connectivity index (χ1) is 21.7. The van der Waals surface area contributed by atoms with Gasteiger partial charge >= 0.3 is 0 Å². The molecule has 2 unspecified atom stereocenters. The van der Waals surface area contributed by atoms with Crippen LogP contribution in [0.3, 0.4) is 0 Å². The number of hydrogen-bond acceptors (Lipinski definition) is 7. The Balaban J connectivity index is 1.58. The van der Waals surface area contributed by atoms with Crippen LogP contribution in [0.15, 0.2) is 78.9 Å². The Hall–Kier alpha value is -4.80. The SMILES string of the molecule is COc1ccc(CN2C(=O)C(CC(=O)NCc3ccccc3F)OC(c3cccc(O)c3OC)c3cc(Cl)ccc32)c(OC)c1. The van der Waals surface area contributed by atoms with Crippen LogP contribution < -0.4 is 24.4 Å². The van der Waals surface area contributed by atoms with Crippen LogP contribution in [-0.2, 0) is 27.4 Å². The second kappa shape index (κ2) is 13.9. The van der Waals surface area contributed by atoms with E-state index in [-0.39, 0.29) is 31.0 Å². The molecule has 2 amide bonds. The van der Waals surface area contributed by atoms with Crippen LogP contribution in [0.2, 0.25) is 5.02 Å². The number of anilines is 1. The molecule has 0 bridgehead atoms. The van der Waals surface area contributed by atoms with Crippen molar-refractivity contribution in [3.63, 3.8) is 0 Å². The zero-order chi connectivity index (χ0) is 32.1. The summed E-state index contributed by atoms with van der Waals surface area (Å²) in [5.74, 6) is -0.390. The van der Waals surface area contributed by atoms with E-state index in [1.54, 1.807) is 73.8 Å². The molecule has 4 aromatic rings. The smallest absolute Gasteiger partial charge is 0.257 e. The molecule has 1 aliphatic heterocycles. The Labute approximate surface area is 265 Å². The van der Waals surface area contributed by atoms with Gasteiger partial charge in [-0.3, -0.25) is 9.59 Å². The minimum atomic E-state index is -1.29. The maximum absolute atomic E-state index is 14.4. The Morgan fingerprint density at radius 2 is 1.76 bits per heavy atom. The third-order valence-corrected chi connectivity index (χ3v) is 7.78. The topological polar surface area (TPSA) is 107 Å².